The van der Waals surface area contributed by atoms with Gasteiger partial charge in [-0.15, -0.1) is 0 Å². The van der Waals surface area contributed by atoms with Crippen LogP contribution in [0.3, 0.4) is 0 Å². The number of nitrogens with zero attached hydrogens (tertiary/aromatic N) is 3. The lowest BCUT2D eigenvalue weighted by Crippen LogP contribution is -2.02. The van der Waals surface area contributed by atoms with E-state index in [0.717, 1.165) is 16.5 Å². The first-order chi connectivity index (χ1) is 9.19. The van der Waals surface area contributed by atoms with Gasteiger partial charge in [-0.25, -0.2) is 9.67 Å². The number of hydrogen-bond donors (Lipinski definition) is 1. The Morgan fingerprint density at radius 2 is 2.11 bits per heavy atom. The average molecular weight is 274 g/mol. The van der Waals surface area contributed by atoms with E-state index in [1.54, 1.807) is 10.9 Å². The van der Waals surface area contributed by atoms with E-state index < -0.39 is 0 Å². The Labute approximate surface area is 115 Å². The number of fused-ring (bicyclic) bond motifs is 1. The molecule has 0 atom stereocenters. The van der Waals surface area contributed by atoms with Crippen LogP contribution in [0, 0.1) is 6.92 Å². The molecule has 0 amide bonds. The fraction of sp³-hybridized carbons (Fsp3) is 0.143. The van der Waals surface area contributed by atoms with Crippen LogP contribution in [-0.4, -0.2) is 19.9 Å². The molecule has 2 aromatic heterocycles. The number of aromatic nitrogens is 3. The quantitative estimate of drug-likeness (QED) is 0.781. The van der Waals surface area contributed by atoms with Crippen LogP contribution in [0.2, 0.25) is 5.02 Å². The van der Waals surface area contributed by atoms with Crippen molar-refractivity contribution in [3.05, 3.63) is 52.9 Å². The average Bonchev–Trinajstić information content (AvgIpc) is 2.77. The van der Waals surface area contributed by atoms with E-state index in [-0.39, 0.29) is 6.61 Å². The predicted octanol–water partition coefficient (Wildman–Crippen LogP) is 2.87. The number of halogens is 1. The highest BCUT2D eigenvalue weighted by molar-refractivity contribution is 6.31. The molecule has 3 rings (SSSR count). The van der Waals surface area contributed by atoms with Crippen LogP contribution >= 0.6 is 11.6 Å². The van der Waals surface area contributed by atoms with E-state index in [1.165, 1.54) is 0 Å². The highest BCUT2D eigenvalue weighted by atomic mass is 35.5. The van der Waals surface area contributed by atoms with Crippen molar-refractivity contribution in [3.63, 3.8) is 0 Å². The first-order valence-corrected chi connectivity index (χ1v) is 6.28. The largest absolute Gasteiger partial charge is 0.390 e. The Morgan fingerprint density at radius 1 is 1.32 bits per heavy atom. The van der Waals surface area contributed by atoms with Crippen molar-refractivity contribution in [2.75, 3.05) is 0 Å². The molecule has 0 fully saturated rings. The smallest absolute Gasteiger partial charge is 0.161 e. The molecule has 3 aromatic rings. The van der Waals surface area contributed by atoms with Crippen molar-refractivity contribution in [3.8, 4) is 5.82 Å². The third-order valence-electron chi connectivity index (χ3n) is 2.99. The van der Waals surface area contributed by atoms with Gasteiger partial charge in [-0.1, -0.05) is 35.9 Å². The second kappa shape index (κ2) is 4.64. The molecule has 0 unspecified atom stereocenters. The maximum atomic E-state index is 9.31. The summed E-state index contributed by atoms with van der Waals surface area (Å²) in [7, 11) is 0. The molecule has 1 N–H and O–H groups in total. The van der Waals surface area contributed by atoms with Crippen LogP contribution in [0.25, 0.3) is 16.6 Å². The number of hydrogen-bond acceptors (Lipinski definition) is 3. The van der Waals surface area contributed by atoms with Gasteiger partial charge in [0.15, 0.2) is 5.82 Å². The fourth-order valence-electron chi connectivity index (χ4n) is 2.04. The van der Waals surface area contributed by atoms with Crippen molar-refractivity contribution in [1.29, 1.82) is 0 Å². The molecule has 0 spiro atoms. The van der Waals surface area contributed by atoms with Gasteiger partial charge in [0.25, 0.3) is 0 Å². The SMILES string of the molecule is Cc1nn(-c2nc(CO)cc3ccccc23)cc1Cl. The second-order valence-corrected chi connectivity index (χ2v) is 4.73. The van der Waals surface area contributed by atoms with Gasteiger partial charge in [0.05, 0.1) is 29.2 Å². The molecule has 0 saturated carbocycles. The van der Waals surface area contributed by atoms with Gasteiger partial charge in [0.2, 0.25) is 0 Å². The molecule has 0 saturated heterocycles. The summed E-state index contributed by atoms with van der Waals surface area (Å²) in [6.07, 6.45) is 1.73. The molecular weight excluding hydrogens is 262 g/mol. The topological polar surface area (TPSA) is 50.9 Å². The second-order valence-electron chi connectivity index (χ2n) is 4.32. The van der Waals surface area contributed by atoms with Gasteiger partial charge in [-0.3, -0.25) is 0 Å². The molecule has 0 radical (unpaired) electrons. The van der Waals surface area contributed by atoms with E-state index >= 15 is 0 Å². The fourth-order valence-corrected chi connectivity index (χ4v) is 2.17. The summed E-state index contributed by atoms with van der Waals surface area (Å²) in [5, 5.41) is 16.2. The van der Waals surface area contributed by atoms with E-state index in [0.29, 0.717) is 16.5 Å². The number of aliphatic hydroxyl groups excluding tert-OH is 1. The van der Waals surface area contributed by atoms with Crippen molar-refractivity contribution >= 4 is 22.4 Å². The third-order valence-corrected chi connectivity index (χ3v) is 3.36. The first-order valence-electron chi connectivity index (χ1n) is 5.90. The molecule has 0 aliphatic carbocycles. The van der Waals surface area contributed by atoms with Gasteiger partial charge < -0.3 is 5.11 Å². The van der Waals surface area contributed by atoms with Gasteiger partial charge in [-0.05, 0) is 18.4 Å². The summed E-state index contributed by atoms with van der Waals surface area (Å²) >= 11 is 6.04. The number of benzene rings is 1. The summed E-state index contributed by atoms with van der Waals surface area (Å²) in [6.45, 7) is 1.74. The molecule has 19 heavy (non-hydrogen) atoms. The first kappa shape index (κ1) is 12.1. The molecule has 0 bridgehead atoms. The summed E-state index contributed by atoms with van der Waals surface area (Å²) in [4.78, 5) is 4.44. The van der Waals surface area contributed by atoms with Crippen LogP contribution in [0.1, 0.15) is 11.4 Å². The Morgan fingerprint density at radius 3 is 2.79 bits per heavy atom. The summed E-state index contributed by atoms with van der Waals surface area (Å²) in [5.41, 5.74) is 1.36. The van der Waals surface area contributed by atoms with Crippen LogP contribution in [0.4, 0.5) is 0 Å². The Balaban J connectivity index is 2.32. The lowest BCUT2D eigenvalue weighted by atomic mass is 10.1. The Hall–Kier alpha value is -1.91. The monoisotopic (exact) mass is 273 g/mol. The predicted molar refractivity (Wildman–Crippen MR) is 74.5 cm³/mol. The van der Waals surface area contributed by atoms with E-state index in [9.17, 15) is 5.11 Å². The van der Waals surface area contributed by atoms with Crippen LogP contribution in [0.5, 0.6) is 0 Å². The summed E-state index contributed by atoms with van der Waals surface area (Å²) in [5.74, 6) is 0.678. The zero-order valence-electron chi connectivity index (χ0n) is 10.3. The Kier molecular flexibility index (Phi) is 2.97. The molecule has 96 valence electrons. The number of aryl methyl sites for hydroxylation is 1. The molecule has 4 nitrogen and oxygen atoms in total. The highest BCUT2D eigenvalue weighted by Gasteiger charge is 2.10. The molecule has 0 aliphatic heterocycles. The van der Waals surface area contributed by atoms with E-state index in [1.807, 2.05) is 37.3 Å². The maximum absolute atomic E-state index is 9.31. The van der Waals surface area contributed by atoms with Gasteiger partial charge >= 0.3 is 0 Å². The van der Waals surface area contributed by atoms with Crippen LogP contribution in [0.15, 0.2) is 36.5 Å². The number of aliphatic hydroxyl groups is 1. The molecule has 5 heteroatoms. The van der Waals surface area contributed by atoms with Gasteiger partial charge in [-0.2, -0.15) is 5.10 Å². The number of pyridine rings is 1. The summed E-state index contributed by atoms with van der Waals surface area (Å²) in [6, 6.07) is 9.73. The minimum Gasteiger partial charge on any atom is -0.390 e. The van der Waals surface area contributed by atoms with Crippen molar-refractivity contribution in [2.24, 2.45) is 0 Å². The van der Waals surface area contributed by atoms with Crippen molar-refractivity contribution in [1.82, 2.24) is 14.8 Å². The number of rotatable bonds is 2. The minimum absolute atomic E-state index is 0.105. The Bertz CT molecular complexity index is 732. The van der Waals surface area contributed by atoms with Gasteiger partial charge in [0, 0.05) is 5.39 Å². The standard InChI is InChI=1S/C14H12ClN3O/c1-9-13(15)7-18(17-9)14-12-5-3-2-4-10(12)6-11(8-19)16-14/h2-7,19H,8H2,1H3. The van der Waals surface area contributed by atoms with Crippen molar-refractivity contribution in [2.45, 2.75) is 13.5 Å². The highest BCUT2D eigenvalue weighted by Crippen LogP contribution is 2.23. The minimum atomic E-state index is -0.105. The zero-order valence-corrected chi connectivity index (χ0v) is 11.1. The lowest BCUT2D eigenvalue weighted by molar-refractivity contribution is 0.277. The summed E-state index contributed by atoms with van der Waals surface area (Å²) < 4.78 is 1.65. The van der Waals surface area contributed by atoms with E-state index in [4.69, 9.17) is 11.6 Å². The van der Waals surface area contributed by atoms with Crippen molar-refractivity contribution < 1.29 is 5.11 Å². The zero-order chi connectivity index (χ0) is 13.4. The van der Waals surface area contributed by atoms with Crippen LogP contribution in [-0.2, 0) is 6.61 Å². The normalized spacial score (nSPS) is 11.1. The molecule has 1 aromatic carbocycles. The van der Waals surface area contributed by atoms with Crippen LogP contribution < -0.4 is 0 Å². The van der Waals surface area contributed by atoms with E-state index in [2.05, 4.69) is 10.1 Å². The maximum Gasteiger partial charge on any atom is 0.161 e. The third kappa shape index (κ3) is 2.09. The molecular formula is C14H12ClN3O. The van der Waals surface area contributed by atoms with Gasteiger partial charge in [0.1, 0.15) is 0 Å². The molecule has 2 heterocycles. The molecule has 0 aliphatic rings. The lowest BCUT2D eigenvalue weighted by Gasteiger charge is -2.08.